The van der Waals surface area contributed by atoms with Gasteiger partial charge in [-0.05, 0) is 12.1 Å². The molecule has 0 atom stereocenters. The van der Waals surface area contributed by atoms with Crippen LogP contribution in [0, 0.1) is 0 Å². The summed E-state index contributed by atoms with van der Waals surface area (Å²) in [6, 6.07) is 3.51. The molecule has 0 spiro atoms. The van der Waals surface area contributed by atoms with Crippen LogP contribution in [0.5, 0.6) is 0 Å². The Kier molecular flexibility index (Phi) is 1.98. The van der Waals surface area contributed by atoms with Crippen LogP contribution < -0.4 is 0 Å². The lowest BCUT2D eigenvalue weighted by atomic mass is 9.81. The second-order valence-corrected chi connectivity index (χ2v) is 4.65. The molecule has 0 radical (unpaired) electrons. The van der Waals surface area contributed by atoms with Gasteiger partial charge in [-0.3, -0.25) is 0 Å². The van der Waals surface area contributed by atoms with Crippen molar-refractivity contribution in [2.75, 3.05) is 0 Å². The minimum atomic E-state index is -2.51. The molecule has 84 valence electrons. The zero-order valence-electron chi connectivity index (χ0n) is 8.33. The van der Waals surface area contributed by atoms with Gasteiger partial charge in [0.2, 0.25) is 5.92 Å². The third-order valence-corrected chi connectivity index (χ3v) is 3.21. The Labute approximate surface area is 95.9 Å². The summed E-state index contributed by atoms with van der Waals surface area (Å²) in [5.74, 6) is -1.94. The average Bonchev–Trinajstić information content (AvgIpc) is 2.56. The number of aromatic nitrogens is 2. The van der Waals surface area contributed by atoms with Crippen molar-refractivity contribution in [3.05, 3.63) is 35.4 Å². The number of nitrogens with zero attached hydrogens (tertiary/aromatic N) is 2. The molecule has 0 amide bonds. The van der Waals surface area contributed by atoms with Crippen molar-refractivity contribution in [1.82, 2.24) is 9.38 Å². The number of alkyl halides is 2. The van der Waals surface area contributed by atoms with Crippen LogP contribution in [-0.2, 0) is 0 Å². The summed E-state index contributed by atoms with van der Waals surface area (Å²) in [4.78, 5) is 4.19. The molecule has 0 bridgehead atoms. The van der Waals surface area contributed by atoms with E-state index >= 15 is 0 Å². The maximum absolute atomic E-state index is 12.8. The normalized spacial score (nSPS) is 19.9. The molecule has 0 aliphatic heterocycles. The Morgan fingerprint density at radius 3 is 2.88 bits per heavy atom. The van der Waals surface area contributed by atoms with Gasteiger partial charge in [0.05, 0.1) is 11.7 Å². The highest BCUT2D eigenvalue weighted by molar-refractivity contribution is 6.30. The molecule has 2 nitrogen and oxygen atoms in total. The van der Waals surface area contributed by atoms with Crippen LogP contribution in [0.2, 0.25) is 5.02 Å². The molecule has 0 saturated heterocycles. The van der Waals surface area contributed by atoms with Gasteiger partial charge in [-0.1, -0.05) is 11.6 Å². The van der Waals surface area contributed by atoms with Crippen molar-refractivity contribution >= 4 is 17.1 Å². The first-order chi connectivity index (χ1) is 7.55. The average molecular weight is 243 g/mol. The summed E-state index contributed by atoms with van der Waals surface area (Å²) in [6.45, 7) is 0. The molecule has 0 N–H and O–H groups in total. The number of imidazole rings is 1. The fraction of sp³-hybridized carbons (Fsp3) is 0.364. The standard InChI is InChI=1S/C11H9ClF2N2/c12-8-1-2-16-9(3-8)6-15-10(16)7-4-11(13,14)5-7/h1-3,6-7H,4-5H2. The molecule has 2 aromatic heterocycles. The third kappa shape index (κ3) is 1.48. The van der Waals surface area contributed by atoms with Crippen molar-refractivity contribution in [3.8, 4) is 0 Å². The molecule has 1 aliphatic carbocycles. The first-order valence-corrected chi connectivity index (χ1v) is 5.43. The fourth-order valence-electron chi connectivity index (χ4n) is 2.14. The topological polar surface area (TPSA) is 17.3 Å². The number of pyridine rings is 1. The Bertz CT molecular complexity index is 542. The van der Waals surface area contributed by atoms with E-state index in [-0.39, 0.29) is 18.8 Å². The highest BCUT2D eigenvalue weighted by Gasteiger charge is 2.47. The zero-order chi connectivity index (χ0) is 11.3. The molecule has 0 aromatic carbocycles. The van der Waals surface area contributed by atoms with Crippen molar-refractivity contribution in [2.45, 2.75) is 24.7 Å². The number of hydrogen-bond acceptors (Lipinski definition) is 1. The summed E-state index contributed by atoms with van der Waals surface area (Å²) in [7, 11) is 0. The van der Waals surface area contributed by atoms with Gasteiger partial charge in [-0.15, -0.1) is 0 Å². The van der Waals surface area contributed by atoms with E-state index < -0.39 is 5.92 Å². The quantitative estimate of drug-likeness (QED) is 0.748. The van der Waals surface area contributed by atoms with Gasteiger partial charge in [0.1, 0.15) is 5.82 Å². The minimum absolute atomic E-state index is 0.102. The molecular formula is C11H9ClF2N2. The summed E-state index contributed by atoms with van der Waals surface area (Å²) in [6.07, 6.45) is 3.23. The van der Waals surface area contributed by atoms with Gasteiger partial charge in [0.25, 0.3) is 0 Å². The smallest absolute Gasteiger partial charge is 0.249 e. The van der Waals surface area contributed by atoms with Gasteiger partial charge in [0.15, 0.2) is 0 Å². The summed E-state index contributed by atoms with van der Waals surface area (Å²) < 4.78 is 27.4. The molecule has 1 saturated carbocycles. The lowest BCUT2D eigenvalue weighted by Gasteiger charge is -2.33. The maximum atomic E-state index is 12.8. The molecule has 16 heavy (non-hydrogen) atoms. The minimum Gasteiger partial charge on any atom is -0.303 e. The number of halogens is 3. The Morgan fingerprint density at radius 1 is 1.44 bits per heavy atom. The predicted molar refractivity (Wildman–Crippen MR) is 57.1 cm³/mol. The predicted octanol–water partition coefficient (Wildman–Crippen LogP) is 3.50. The van der Waals surface area contributed by atoms with E-state index in [0.717, 1.165) is 5.52 Å². The van der Waals surface area contributed by atoms with Crippen molar-refractivity contribution in [3.63, 3.8) is 0 Å². The van der Waals surface area contributed by atoms with Crippen LogP contribution in [0.25, 0.3) is 5.52 Å². The summed E-state index contributed by atoms with van der Waals surface area (Å²) in [5, 5.41) is 0.623. The molecule has 1 fully saturated rings. The van der Waals surface area contributed by atoms with E-state index in [1.807, 2.05) is 4.40 Å². The highest BCUT2D eigenvalue weighted by Crippen LogP contribution is 2.47. The maximum Gasteiger partial charge on any atom is 0.249 e. The van der Waals surface area contributed by atoms with Crippen LogP contribution in [-0.4, -0.2) is 15.3 Å². The number of rotatable bonds is 1. The zero-order valence-corrected chi connectivity index (χ0v) is 9.09. The first-order valence-electron chi connectivity index (χ1n) is 5.05. The van der Waals surface area contributed by atoms with E-state index in [4.69, 9.17) is 11.6 Å². The van der Waals surface area contributed by atoms with Gasteiger partial charge < -0.3 is 4.40 Å². The Hall–Kier alpha value is -1.16. The lowest BCUT2D eigenvalue weighted by molar-refractivity contribution is -0.0886. The number of hydrogen-bond donors (Lipinski definition) is 0. The van der Waals surface area contributed by atoms with Crippen molar-refractivity contribution in [1.29, 1.82) is 0 Å². The second-order valence-electron chi connectivity index (χ2n) is 4.22. The second kappa shape index (κ2) is 3.17. The van der Waals surface area contributed by atoms with E-state index in [9.17, 15) is 8.78 Å². The van der Waals surface area contributed by atoms with E-state index in [2.05, 4.69) is 4.98 Å². The van der Waals surface area contributed by atoms with E-state index in [1.165, 1.54) is 0 Å². The molecular weight excluding hydrogens is 234 g/mol. The largest absolute Gasteiger partial charge is 0.303 e. The highest BCUT2D eigenvalue weighted by atomic mass is 35.5. The lowest BCUT2D eigenvalue weighted by Crippen LogP contribution is -2.34. The van der Waals surface area contributed by atoms with Gasteiger partial charge in [-0.25, -0.2) is 13.8 Å². The van der Waals surface area contributed by atoms with Crippen LogP contribution in [0.3, 0.4) is 0 Å². The molecule has 1 aliphatic rings. The summed E-state index contributed by atoms with van der Waals surface area (Å²) >= 11 is 5.84. The molecule has 5 heteroatoms. The molecule has 2 heterocycles. The van der Waals surface area contributed by atoms with Crippen molar-refractivity contribution in [2.24, 2.45) is 0 Å². The molecule has 0 unspecified atom stereocenters. The van der Waals surface area contributed by atoms with Crippen LogP contribution in [0.1, 0.15) is 24.6 Å². The van der Waals surface area contributed by atoms with Gasteiger partial charge in [0, 0.05) is 30.0 Å². The van der Waals surface area contributed by atoms with Gasteiger partial charge >= 0.3 is 0 Å². The van der Waals surface area contributed by atoms with Crippen molar-refractivity contribution < 1.29 is 8.78 Å². The Balaban J connectivity index is 2.00. The van der Waals surface area contributed by atoms with Crippen LogP contribution in [0.4, 0.5) is 8.78 Å². The van der Waals surface area contributed by atoms with E-state index in [1.54, 1.807) is 24.5 Å². The third-order valence-electron chi connectivity index (χ3n) is 2.98. The fourth-order valence-corrected chi connectivity index (χ4v) is 2.31. The SMILES string of the molecule is FC1(F)CC(c2ncc3cc(Cl)ccn23)C1. The monoisotopic (exact) mass is 242 g/mol. The van der Waals surface area contributed by atoms with E-state index in [0.29, 0.717) is 10.8 Å². The number of fused-ring (bicyclic) bond motifs is 1. The molecule has 2 aromatic rings. The van der Waals surface area contributed by atoms with Gasteiger partial charge in [-0.2, -0.15) is 0 Å². The summed E-state index contributed by atoms with van der Waals surface area (Å²) in [5.41, 5.74) is 0.845. The van der Waals surface area contributed by atoms with Crippen LogP contribution in [0.15, 0.2) is 24.5 Å². The molecule has 3 rings (SSSR count). The Morgan fingerprint density at radius 2 is 2.19 bits per heavy atom. The van der Waals surface area contributed by atoms with Crippen LogP contribution >= 0.6 is 11.6 Å². The first kappa shape index (κ1) is 10.0.